The Bertz CT molecular complexity index is 885. The Labute approximate surface area is 180 Å². The largest absolute Gasteiger partial charge is 0.347 e. The molecule has 0 radical (unpaired) electrons. The van der Waals surface area contributed by atoms with Crippen molar-refractivity contribution in [3.8, 4) is 0 Å². The quantitative estimate of drug-likeness (QED) is 0.796. The number of amides is 1. The Morgan fingerprint density at radius 2 is 1.80 bits per heavy atom. The molecule has 1 aliphatic heterocycles. The van der Waals surface area contributed by atoms with E-state index >= 15 is 0 Å². The smallest absolute Gasteiger partial charge is 0.269 e. The molecular weight excluding hydrogens is 374 g/mol. The lowest BCUT2D eigenvalue weighted by Crippen LogP contribution is -2.43. The predicted octanol–water partition coefficient (Wildman–Crippen LogP) is 3.19. The van der Waals surface area contributed by atoms with Gasteiger partial charge in [-0.1, -0.05) is 24.3 Å². The zero-order valence-electron chi connectivity index (χ0n) is 18.8. The highest BCUT2D eigenvalue weighted by Gasteiger charge is 2.31. The first-order chi connectivity index (χ1) is 14.3. The monoisotopic (exact) mass is 409 g/mol. The molecule has 6 heteroatoms. The number of hydrogen-bond donors (Lipinski definition) is 1. The van der Waals surface area contributed by atoms with Gasteiger partial charge in [0.2, 0.25) is 0 Å². The average Bonchev–Trinajstić information content (AvgIpc) is 3.45. The van der Waals surface area contributed by atoms with E-state index in [1.54, 1.807) is 0 Å². The van der Waals surface area contributed by atoms with E-state index in [1.165, 1.54) is 18.4 Å². The Morgan fingerprint density at radius 3 is 2.47 bits per heavy atom. The van der Waals surface area contributed by atoms with Crippen molar-refractivity contribution in [3.05, 3.63) is 52.8 Å². The third-order valence-electron chi connectivity index (χ3n) is 6.04. The molecule has 1 aliphatic carbocycles. The van der Waals surface area contributed by atoms with Crippen LogP contribution in [0.3, 0.4) is 0 Å². The number of carbonyl (C=O) groups excluding carboxylic acids is 1. The molecule has 1 aromatic heterocycles. The topological polar surface area (TPSA) is 53.4 Å². The number of hydrogen-bond acceptors (Lipinski definition) is 4. The predicted molar refractivity (Wildman–Crippen MR) is 120 cm³/mol. The van der Waals surface area contributed by atoms with E-state index in [1.807, 2.05) is 10.7 Å². The maximum Gasteiger partial charge on any atom is 0.269 e. The standard InChI is InChI=1S/C24H35N5O/c1-24(2,3)29-22(15-21(26-29)20-8-9-20)23(30)25-16-18-6-5-7-19(14-18)17-28-12-10-27(4)11-13-28/h5-7,14-15,20H,8-13,16-17H2,1-4H3,(H,25,30). The van der Waals surface area contributed by atoms with Crippen molar-refractivity contribution in [2.75, 3.05) is 33.2 Å². The number of nitrogens with zero attached hydrogens (tertiary/aromatic N) is 4. The van der Waals surface area contributed by atoms with Gasteiger partial charge >= 0.3 is 0 Å². The van der Waals surface area contributed by atoms with Gasteiger partial charge in [0.25, 0.3) is 5.91 Å². The highest BCUT2D eigenvalue weighted by molar-refractivity contribution is 5.92. The molecule has 162 valence electrons. The highest BCUT2D eigenvalue weighted by Crippen LogP contribution is 2.40. The summed E-state index contributed by atoms with van der Waals surface area (Å²) in [6, 6.07) is 10.6. The molecule has 0 spiro atoms. The van der Waals surface area contributed by atoms with Crippen LogP contribution in [0, 0.1) is 0 Å². The lowest BCUT2D eigenvalue weighted by Gasteiger charge is -2.32. The first kappa shape index (κ1) is 21.1. The van der Waals surface area contributed by atoms with Crippen LogP contribution >= 0.6 is 0 Å². The average molecular weight is 410 g/mol. The van der Waals surface area contributed by atoms with E-state index in [-0.39, 0.29) is 11.4 Å². The maximum absolute atomic E-state index is 13.0. The molecule has 2 aliphatic rings. The van der Waals surface area contributed by atoms with Crippen LogP contribution < -0.4 is 5.32 Å². The van der Waals surface area contributed by atoms with Crippen molar-refractivity contribution in [2.45, 2.75) is 58.2 Å². The molecule has 1 saturated carbocycles. The van der Waals surface area contributed by atoms with Gasteiger partial charge in [0.1, 0.15) is 5.69 Å². The number of aromatic nitrogens is 2. The molecule has 2 heterocycles. The third-order valence-corrected chi connectivity index (χ3v) is 6.04. The first-order valence-corrected chi connectivity index (χ1v) is 11.2. The zero-order valence-corrected chi connectivity index (χ0v) is 18.8. The van der Waals surface area contributed by atoms with Crippen molar-refractivity contribution in [2.24, 2.45) is 0 Å². The van der Waals surface area contributed by atoms with Gasteiger partial charge in [0, 0.05) is 45.2 Å². The van der Waals surface area contributed by atoms with E-state index in [0.29, 0.717) is 18.2 Å². The molecule has 6 nitrogen and oxygen atoms in total. The second kappa shape index (κ2) is 8.52. The fourth-order valence-corrected chi connectivity index (χ4v) is 4.03. The van der Waals surface area contributed by atoms with Gasteiger partial charge in [-0.3, -0.25) is 14.4 Å². The van der Waals surface area contributed by atoms with Crippen LogP contribution in [0.4, 0.5) is 0 Å². The van der Waals surface area contributed by atoms with E-state index in [0.717, 1.165) is 44.0 Å². The molecule has 0 unspecified atom stereocenters. The summed E-state index contributed by atoms with van der Waals surface area (Å²) in [4.78, 5) is 17.9. The van der Waals surface area contributed by atoms with Gasteiger partial charge in [-0.25, -0.2) is 0 Å². The second-order valence-corrected chi connectivity index (χ2v) is 9.89. The van der Waals surface area contributed by atoms with Crippen molar-refractivity contribution >= 4 is 5.91 Å². The summed E-state index contributed by atoms with van der Waals surface area (Å²) in [6.45, 7) is 12.2. The maximum atomic E-state index is 13.0. The summed E-state index contributed by atoms with van der Waals surface area (Å²) in [7, 11) is 2.18. The van der Waals surface area contributed by atoms with Gasteiger partial charge < -0.3 is 10.2 Å². The number of carbonyl (C=O) groups is 1. The van der Waals surface area contributed by atoms with Gasteiger partial charge in [-0.05, 0) is 57.9 Å². The molecule has 1 saturated heterocycles. The highest BCUT2D eigenvalue weighted by atomic mass is 16.2. The molecule has 4 rings (SSSR count). The summed E-state index contributed by atoms with van der Waals surface area (Å²) in [5.74, 6) is 0.486. The summed E-state index contributed by atoms with van der Waals surface area (Å²) in [5, 5.41) is 7.87. The van der Waals surface area contributed by atoms with Crippen LogP contribution in [0.2, 0.25) is 0 Å². The number of benzene rings is 1. The van der Waals surface area contributed by atoms with E-state index in [4.69, 9.17) is 5.10 Å². The van der Waals surface area contributed by atoms with Crippen LogP contribution in [0.15, 0.2) is 30.3 Å². The fraction of sp³-hybridized carbons (Fsp3) is 0.583. The lowest BCUT2D eigenvalue weighted by atomic mass is 10.1. The van der Waals surface area contributed by atoms with Crippen LogP contribution in [0.1, 0.15) is 66.8 Å². The Morgan fingerprint density at radius 1 is 1.10 bits per heavy atom. The number of nitrogens with one attached hydrogen (secondary N) is 1. The molecule has 0 atom stereocenters. The second-order valence-electron chi connectivity index (χ2n) is 9.89. The summed E-state index contributed by atoms with van der Waals surface area (Å²) in [6.07, 6.45) is 2.37. The molecule has 30 heavy (non-hydrogen) atoms. The van der Waals surface area contributed by atoms with Gasteiger partial charge in [0.05, 0.1) is 11.2 Å². The lowest BCUT2D eigenvalue weighted by molar-refractivity contribution is 0.0932. The summed E-state index contributed by atoms with van der Waals surface area (Å²) < 4.78 is 1.89. The normalized spacial score (nSPS) is 18.5. The van der Waals surface area contributed by atoms with Crippen molar-refractivity contribution in [1.29, 1.82) is 0 Å². The Balaban J connectivity index is 1.39. The molecule has 2 fully saturated rings. The number of likely N-dealkylation sites (N-methyl/N-ethyl adjacent to an activating group) is 1. The minimum atomic E-state index is -0.220. The Kier molecular flexibility index (Phi) is 5.98. The zero-order chi connectivity index (χ0) is 21.3. The van der Waals surface area contributed by atoms with E-state index in [2.05, 4.69) is 67.2 Å². The first-order valence-electron chi connectivity index (χ1n) is 11.2. The van der Waals surface area contributed by atoms with Gasteiger partial charge in [-0.15, -0.1) is 0 Å². The number of rotatable bonds is 6. The summed E-state index contributed by atoms with van der Waals surface area (Å²) in [5.41, 5.74) is 3.95. The SMILES string of the molecule is CN1CCN(Cc2cccc(CNC(=O)c3cc(C4CC4)nn3C(C)(C)C)c2)CC1. The molecular formula is C24H35N5O. The van der Waals surface area contributed by atoms with Crippen molar-refractivity contribution in [1.82, 2.24) is 24.9 Å². The fourth-order valence-electron chi connectivity index (χ4n) is 4.03. The number of piperazine rings is 1. The molecule has 0 bridgehead atoms. The molecule has 2 aromatic rings. The molecule has 1 N–H and O–H groups in total. The molecule has 1 aromatic carbocycles. The van der Waals surface area contributed by atoms with Crippen LogP contribution in [0.5, 0.6) is 0 Å². The minimum absolute atomic E-state index is 0.0474. The van der Waals surface area contributed by atoms with Crippen LogP contribution in [-0.4, -0.2) is 58.7 Å². The Hall–Kier alpha value is -2.18. The van der Waals surface area contributed by atoms with Crippen LogP contribution in [0.25, 0.3) is 0 Å². The minimum Gasteiger partial charge on any atom is -0.347 e. The third kappa shape index (κ3) is 5.10. The van der Waals surface area contributed by atoms with E-state index < -0.39 is 0 Å². The van der Waals surface area contributed by atoms with Gasteiger partial charge in [-0.2, -0.15) is 5.10 Å². The van der Waals surface area contributed by atoms with Gasteiger partial charge in [0.15, 0.2) is 0 Å². The molecule has 1 amide bonds. The summed E-state index contributed by atoms with van der Waals surface area (Å²) >= 11 is 0. The van der Waals surface area contributed by atoms with E-state index in [9.17, 15) is 4.79 Å². The van der Waals surface area contributed by atoms with Crippen LogP contribution in [-0.2, 0) is 18.6 Å². The van der Waals surface area contributed by atoms with Crippen molar-refractivity contribution in [3.63, 3.8) is 0 Å². The van der Waals surface area contributed by atoms with Crippen molar-refractivity contribution < 1.29 is 4.79 Å².